The second kappa shape index (κ2) is 8.54. The number of nitrogens with zero attached hydrogens (tertiary/aromatic N) is 2. The van der Waals surface area contributed by atoms with Gasteiger partial charge in [-0.1, -0.05) is 92.4 Å². The Labute approximate surface area is 216 Å². The summed E-state index contributed by atoms with van der Waals surface area (Å²) in [6.07, 6.45) is 11.1. The van der Waals surface area contributed by atoms with Crippen LogP contribution < -0.4 is 9.80 Å². The van der Waals surface area contributed by atoms with Crippen molar-refractivity contribution in [3.63, 3.8) is 0 Å². The Morgan fingerprint density at radius 1 is 0.639 bits per heavy atom. The zero-order valence-electron chi connectivity index (χ0n) is 21.8. The third-order valence-electron chi connectivity index (χ3n) is 9.83. The van der Waals surface area contributed by atoms with E-state index in [2.05, 4.69) is 103 Å². The minimum atomic E-state index is -0.0767. The number of anilines is 2. The molecule has 2 heteroatoms. The van der Waals surface area contributed by atoms with Gasteiger partial charge in [-0.3, -0.25) is 0 Å². The minimum absolute atomic E-state index is 0.0767. The molecule has 2 heterocycles. The summed E-state index contributed by atoms with van der Waals surface area (Å²) in [4.78, 5) is 5.58. The first-order valence-corrected chi connectivity index (χ1v) is 14.2. The van der Waals surface area contributed by atoms with Crippen molar-refractivity contribution in [1.82, 2.24) is 0 Å². The molecular formula is C34H38N2. The molecule has 2 atom stereocenters. The number of hydrogen-bond acceptors (Lipinski definition) is 2. The first-order chi connectivity index (χ1) is 17.7. The van der Waals surface area contributed by atoms with Crippen LogP contribution in [0.2, 0.25) is 0 Å². The summed E-state index contributed by atoms with van der Waals surface area (Å²) in [6, 6.07) is 30.0. The van der Waals surface area contributed by atoms with Gasteiger partial charge in [0.2, 0.25) is 0 Å². The van der Waals surface area contributed by atoms with Crippen LogP contribution in [-0.4, -0.2) is 6.17 Å². The van der Waals surface area contributed by atoms with E-state index in [1.54, 1.807) is 11.3 Å². The van der Waals surface area contributed by atoms with Crippen molar-refractivity contribution in [2.75, 3.05) is 9.80 Å². The van der Waals surface area contributed by atoms with Gasteiger partial charge in [-0.15, -0.1) is 0 Å². The highest BCUT2D eigenvalue weighted by atomic mass is 15.4. The van der Waals surface area contributed by atoms with Gasteiger partial charge in [0, 0.05) is 17.1 Å². The summed E-state index contributed by atoms with van der Waals surface area (Å²) in [5, 5.41) is 0. The zero-order chi connectivity index (χ0) is 24.3. The lowest BCUT2D eigenvalue weighted by Gasteiger charge is -2.39. The van der Waals surface area contributed by atoms with Gasteiger partial charge in [0.25, 0.3) is 0 Å². The molecule has 2 fully saturated rings. The van der Waals surface area contributed by atoms with Crippen molar-refractivity contribution in [2.45, 2.75) is 76.8 Å². The molecule has 2 aliphatic carbocycles. The van der Waals surface area contributed by atoms with Crippen molar-refractivity contribution in [2.24, 2.45) is 11.8 Å². The van der Waals surface area contributed by atoms with E-state index in [1.807, 2.05) is 0 Å². The van der Waals surface area contributed by atoms with Crippen LogP contribution in [0, 0.1) is 18.8 Å². The van der Waals surface area contributed by atoms with Crippen LogP contribution in [0.3, 0.4) is 0 Å². The highest BCUT2D eigenvalue weighted by Gasteiger charge is 2.60. The molecule has 0 N–H and O–H groups in total. The van der Waals surface area contributed by atoms with Gasteiger partial charge in [0.15, 0.2) is 0 Å². The number of rotatable bonds is 4. The minimum Gasteiger partial charge on any atom is -0.322 e. The maximum absolute atomic E-state index is 2.83. The topological polar surface area (TPSA) is 6.48 Å². The fourth-order valence-corrected chi connectivity index (χ4v) is 8.45. The van der Waals surface area contributed by atoms with Gasteiger partial charge in [-0.2, -0.15) is 0 Å². The van der Waals surface area contributed by atoms with E-state index < -0.39 is 0 Å². The predicted octanol–water partition coefficient (Wildman–Crippen LogP) is 8.56. The second-order valence-corrected chi connectivity index (χ2v) is 11.6. The van der Waals surface area contributed by atoms with Crippen LogP contribution in [0.1, 0.15) is 75.0 Å². The maximum atomic E-state index is 2.83. The summed E-state index contributed by atoms with van der Waals surface area (Å²) in [5.74, 6) is 1.32. The Morgan fingerprint density at radius 3 is 1.97 bits per heavy atom. The van der Waals surface area contributed by atoms with Crippen molar-refractivity contribution >= 4 is 11.4 Å². The van der Waals surface area contributed by atoms with Gasteiger partial charge >= 0.3 is 0 Å². The third kappa shape index (κ3) is 2.97. The van der Waals surface area contributed by atoms with Crippen LogP contribution in [0.15, 0.2) is 90.3 Å². The SMILES string of the molecule is CC1=C2N(c3ccccc3C2(c2ccccc2)C2CCCC2)C(C2CCCC2)N1c1ccccc1C. The molecule has 0 radical (unpaired) electrons. The molecule has 4 aliphatic rings. The number of aryl methyl sites for hydroxylation is 1. The summed E-state index contributed by atoms with van der Waals surface area (Å²) in [5.41, 5.74) is 10.2. The summed E-state index contributed by atoms with van der Waals surface area (Å²) in [6.45, 7) is 4.72. The van der Waals surface area contributed by atoms with Gasteiger partial charge < -0.3 is 9.80 Å². The highest BCUT2D eigenvalue weighted by Crippen LogP contribution is 2.64. The van der Waals surface area contributed by atoms with E-state index in [4.69, 9.17) is 0 Å². The van der Waals surface area contributed by atoms with E-state index in [0.29, 0.717) is 18.0 Å². The van der Waals surface area contributed by atoms with Crippen molar-refractivity contribution in [1.29, 1.82) is 0 Å². The predicted molar refractivity (Wildman–Crippen MR) is 150 cm³/mol. The van der Waals surface area contributed by atoms with Crippen LogP contribution in [-0.2, 0) is 5.41 Å². The molecule has 3 aromatic rings. The average Bonchev–Trinajstić information content (AvgIpc) is 3.71. The molecule has 3 aromatic carbocycles. The van der Waals surface area contributed by atoms with Crippen LogP contribution >= 0.6 is 0 Å². The summed E-state index contributed by atoms with van der Waals surface area (Å²) in [7, 11) is 0. The third-order valence-corrected chi connectivity index (χ3v) is 9.83. The normalized spacial score (nSPS) is 26.2. The Bertz CT molecular complexity index is 1300. The van der Waals surface area contributed by atoms with E-state index in [0.717, 1.165) is 0 Å². The lowest BCUT2D eigenvalue weighted by molar-refractivity contribution is 0.374. The summed E-state index contributed by atoms with van der Waals surface area (Å²) >= 11 is 0. The Hall–Kier alpha value is -3.00. The number of fused-ring (bicyclic) bond motifs is 3. The standard InChI is InChI=1S/C34H38N2/c1-24-14-6-12-22-30(24)35-25(2)32-34(28-19-9-10-20-28,27-17-4-3-5-18-27)29-21-11-13-23-31(29)36(32)33(35)26-15-7-8-16-26/h3-6,11-14,17-18,21-23,26,28,33H,7-10,15-16,19-20H2,1-2H3. The first-order valence-electron chi connectivity index (χ1n) is 14.2. The van der Waals surface area contributed by atoms with Crippen molar-refractivity contribution in [3.05, 3.63) is 107 Å². The van der Waals surface area contributed by atoms with E-state index >= 15 is 0 Å². The molecule has 7 rings (SSSR count). The Kier molecular flexibility index (Phi) is 5.27. The van der Waals surface area contributed by atoms with Gasteiger partial charge in [0.1, 0.15) is 6.17 Å². The lowest BCUT2D eigenvalue weighted by atomic mass is 9.64. The monoisotopic (exact) mass is 474 g/mol. The van der Waals surface area contributed by atoms with E-state index in [9.17, 15) is 0 Å². The Morgan fingerprint density at radius 2 is 1.25 bits per heavy atom. The fourth-order valence-electron chi connectivity index (χ4n) is 8.45. The molecule has 0 aromatic heterocycles. The maximum Gasteiger partial charge on any atom is 0.113 e. The highest BCUT2D eigenvalue weighted by molar-refractivity contribution is 5.82. The average molecular weight is 475 g/mol. The molecule has 0 amide bonds. The molecule has 184 valence electrons. The van der Waals surface area contributed by atoms with E-state index in [1.165, 1.54) is 79.6 Å². The largest absolute Gasteiger partial charge is 0.322 e. The van der Waals surface area contributed by atoms with Crippen LogP contribution in [0.4, 0.5) is 11.4 Å². The van der Waals surface area contributed by atoms with Crippen LogP contribution in [0.25, 0.3) is 0 Å². The molecule has 0 bridgehead atoms. The molecule has 36 heavy (non-hydrogen) atoms. The number of benzene rings is 3. The fraction of sp³-hybridized carbons (Fsp3) is 0.412. The van der Waals surface area contributed by atoms with Gasteiger partial charge in [-0.05, 0) is 80.2 Å². The lowest BCUT2D eigenvalue weighted by Crippen LogP contribution is -2.46. The second-order valence-electron chi connectivity index (χ2n) is 11.6. The molecular weight excluding hydrogens is 436 g/mol. The smallest absolute Gasteiger partial charge is 0.113 e. The summed E-state index contributed by atoms with van der Waals surface area (Å²) < 4.78 is 0. The van der Waals surface area contributed by atoms with Crippen molar-refractivity contribution in [3.8, 4) is 0 Å². The molecule has 2 nitrogen and oxygen atoms in total. The van der Waals surface area contributed by atoms with Crippen LogP contribution in [0.5, 0.6) is 0 Å². The molecule has 0 spiro atoms. The first kappa shape index (κ1) is 22.2. The number of para-hydroxylation sites is 2. The van der Waals surface area contributed by atoms with Gasteiger partial charge in [0.05, 0.1) is 11.1 Å². The quantitative estimate of drug-likeness (QED) is 0.374. The molecule has 0 saturated heterocycles. The van der Waals surface area contributed by atoms with E-state index in [-0.39, 0.29) is 5.41 Å². The van der Waals surface area contributed by atoms with Crippen molar-refractivity contribution < 1.29 is 0 Å². The molecule has 2 saturated carbocycles. The molecule has 2 aliphatic heterocycles. The van der Waals surface area contributed by atoms with Gasteiger partial charge in [-0.25, -0.2) is 0 Å². The zero-order valence-corrected chi connectivity index (χ0v) is 21.8. The Balaban J connectivity index is 1.55. The number of allylic oxidation sites excluding steroid dienone is 2. The number of hydrogen-bond donors (Lipinski definition) is 0. The molecule has 2 unspecified atom stereocenters.